The molecule has 0 fully saturated rings. The number of carbonyl (C=O) groups is 1. The fourth-order valence-electron chi connectivity index (χ4n) is 2.65. The molecule has 3 rings (SSSR count). The topological polar surface area (TPSA) is 46.1 Å². The number of rotatable bonds is 1. The number of aromatic nitrogens is 2. The average Bonchev–Trinajstić information content (AvgIpc) is 2.46. The second kappa shape index (κ2) is 5.24. The van der Waals surface area contributed by atoms with Gasteiger partial charge in [-0.15, -0.1) is 0 Å². The van der Waals surface area contributed by atoms with Crippen molar-refractivity contribution in [2.45, 2.75) is 26.8 Å². The Balaban J connectivity index is 2.10. The van der Waals surface area contributed by atoms with Gasteiger partial charge in [-0.05, 0) is 31.2 Å². The molecular weight excluding hydrogens is 269 g/mol. The molecule has 5 heteroatoms. The van der Waals surface area contributed by atoms with Crippen LogP contribution in [0.15, 0.2) is 24.3 Å². The van der Waals surface area contributed by atoms with Gasteiger partial charge in [0.15, 0.2) is 0 Å². The summed E-state index contributed by atoms with van der Waals surface area (Å²) >= 11 is 0. The number of carbonyl (C=O) groups excluding carboxylic acids is 1. The summed E-state index contributed by atoms with van der Waals surface area (Å²) in [6.45, 7) is 4.61. The molecule has 4 nitrogen and oxygen atoms in total. The highest BCUT2D eigenvalue weighted by atomic mass is 19.1. The number of nitrogens with zero attached hydrogens (tertiary/aromatic N) is 3. The highest BCUT2D eigenvalue weighted by Crippen LogP contribution is 2.28. The van der Waals surface area contributed by atoms with E-state index in [0.29, 0.717) is 18.9 Å². The second-order valence-corrected chi connectivity index (χ2v) is 5.24. The molecule has 0 N–H and O–H groups in total. The minimum Gasteiger partial charge on any atom is -0.338 e. The third-order valence-corrected chi connectivity index (χ3v) is 3.74. The van der Waals surface area contributed by atoms with E-state index in [1.165, 1.54) is 12.1 Å². The first-order valence-corrected chi connectivity index (χ1v) is 6.92. The minimum atomic E-state index is -0.274. The van der Waals surface area contributed by atoms with Crippen molar-refractivity contribution in [1.82, 2.24) is 14.9 Å². The molecule has 0 bridgehead atoms. The lowest BCUT2D eigenvalue weighted by Gasteiger charge is -2.28. The first-order chi connectivity index (χ1) is 10.0. The average molecular weight is 285 g/mol. The SMILES string of the molecule is CC(=O)N1CCc2nc(C)nc(-c3ccc(F)cc3)c2C1. The molecule has 0 atom stereocenters. The van der Waals surface area contributed by atoms with Crippen molar-refractivity contribution in [3.63, 3.8) is 0 Å². The van der Waals surface area contributed by atoms with Crippen molar-refractivity contribution in [3.05, 3.63) is 47.2 Å². The zero-order chi connectivity index (χ0) is 15.0. The van der Waals surface area contributed by atoms with Gasteiger partial charge in [-0.2, -0.15) is 0 Å². The van der Waals surface area contributed by atoms with E-state index in [0.717, 1.165) is 28.9 Å². The summed E-state index contributed by atoms with van der Waals surface area (Å²) in [5.74, 6) is 0.472. The van der Waals surface area contributed by atoms with Gasteiger partial charge in [-0.1, -0.05) is 0 Å². The zero-order valence-corrected chi connectivity index (χ0v) is 12.1. The molecule has 1 amide bonds. The molecule has 0 unspecified atom stereocenters. The van der Waals surface area contributed by atoms with Crippen LogP contribution in [0.25, 0.3) is 11.3 Å². The van der Waals surface area contributed by atoms with Crippen LogP contribution >= 0.6 is 0 Å². The van der Waals surface area contributed by atoms with Crippen molar-refractivity contribution in [2.75, 3.05) is 6.54 Å². The summed E-state index contributed by atoms with van der Waals surface area (Å²) in [7, 11) is 0. The Morgan fingerprint density at radius 1 is 1.24 bits per heavy atom. The fourth-order valence-corrected chi connectivity index (χ4v) is 2.65. The van der Waals surface area contributed by atoms with Crippen LogP contribution in [0.1, 0.15) is 24.0 Å². The van der Waals surface area contributed by atoms with Gasteiger partial charge in [0.05, 0.1) is 11.4 Å². The molecule has 0 aliphatic carbocycles. The molecule has 2 aromatic rings. The lowest BCUT2D eigenvalue weighted by molar-refractivity contribution is -0.129. The van der Waals surface area contributed by atoms with Gasteiger partial charge in [-0.25, -0.2) is 14.4 Å². The normalized spacial score (nSPS) is 14.0. The van der Waals surface area contributed by atoms with Gasteiger partial charge in [0.2, 0.25) is 5.91 Å². The molecule has 2 heterocycles. The number of aryl methyl sites for hydroxylation is 1. The van der Waals surface area contributed by atoms with Gasteiger partial charge in [0.1, 0.15) is 11.6 Å². The maximum absolute atomic E-state index is 13.1. The summed E-state index contributed by atoms with van der Waals surface area (Å²) in [6.07, 6.45) is 0.729. The molecule has 0 saturated carbocycles. The van der Waals surface area contributed by atoms with Crippen molar-refractivity contribution in [3.8, 4) is 11.3 Å². The molecule has 1 aliphatic rings. The van der Waals surface area contributed by atoms with Crippen LogP contribution < -0.4 is 0 Å². The van der Waals surface area contributed by atoms with Crippen LogP contribution in [0, 0.1) is 12.7 Å². The number of hydrogen-bond donors (Lipinski definition) is 0. The maximum atomic E-state index is 13.1. The van der Waals surface area contributed by atoms with Gasteiger partial charge in [-0.3, -0.25) is 4.79 Å². The van der Waals surface area contributed by atoms with Gasteiger partial charge in [0, 0.05) is 37.6 Å². The summed E-state index contributed by atoms with van der Waals surface area (Å²) in [5.41, 5.74) is 3.60. The Morgan fingerprint density at radius 2 is 1.95 bits per heavy atom. The van der Waals surface area contributed by atoms with E-state index in [-0.39, 0.29) is 11.7 Å². The molecule has 1 aliphatic heterocycles. The molecular formula is C16H16FN3O. The number of hydrogen-bond acceptors (Lipinski definition) is 3. The highest BCUT2D eigenvalue weighted by Gasteiger charge is 2.23. The summed E-state index contributed by atoms with van der Waals surface area (Å²) in [5, 5.41) is 0. The van der Waals surface area contributed by atoms with E-state index in [1.807, 2.05) is 6.92 Å². The van der Waals surface area contributed by atoms with Crippen molar-refractivity contribution >= 4 is 5.91 Å². The van der Waals surface area contributed by atoms with Crippen LogP contribution in [0.2, 0.25) is 0 Å². The smallest absolute Gasteiger partial charge is 0.219 e. The molecule has 0 radical (unpaired) electrons. The Hall–Kier alpha value is -2.30. The van der Waals surface area contributed by atoms with E-state index in [2.05, 4.69) is 9.97 Å². The van der Waals surface area contributed by atoms with Gasteiger partial charge < -0.3 is 4.90 Å². The monoisotopic (exact) mass is 285 g/mol. The molecule has 1 aromatic heterocycles. The molecule has 0 saturated heterocycles. The minimum absolute atomic E-state index is 0.0475. The zero-order valence-electron chi connectivity index (χ0n) is 12.1. The highest BCUT2D eigenvalue weighted by molar-refractivity contribution is 5.74. The van der Waals surface area contributed by atoms with Gasteiger partial charge >= 0.3 is 0 Å². The van der Waals surface area contributed by atoms with E-state index in [9.17, 15) is 9.18 Å². The van der Waals surface area contributed by atoms with Crippen LogP contribution in [0.3, 0.4) is 0 Å². The van der Waals surface area contributed by atoms with E-state index < -0.39 is 0 Å². The standard InChI is InChI=1S/C16H16FN3O/c1-10-18-15-7-8-20(11(2)21)9-14(15)16(19-10)12-3-5-13(17)6-4-12/h3-6H,7-9H2,1-2H3. The lowest BCUT2D eigenvalue weighted by atomic mass is 9.99. The van der Waals surface area contributed by atoms with Crippen LogP contribution in [0.4, 0.5) is 4.39 Å². The third-order valence-electron chi connectivity index (χ3n) is 3.74. The van der Waals surface area contributed by atoms with Crippen molar-refractivity contribution in [1.29, 1.82) is 0 Å². The Kier molecular flexibility index (Phi) is 3.41. The predicted octanol–water partition coefficient (Wildman–Crippen LogP) is 2.50. The van der Waals surface area contributed by atoms with E-state index in [4.69, 9.17) is 0 Å². The number of fused-ring (bicyclic) bond motifs is 1. The lowest BCUT2D eigenvalue weighted by Crippen LogP contribution is -2.35. The van der Waals surface area contributed by atoms with Crippen LogP contribution in [-0.2, 0) is 17.8 Å². The van der Waals surface area contributed by atoms with Crippen LogP contribution in [0.5, 0.6) is 0 Å². The van der Waals surface area contributed by atoms with Crippen LogP contribution in [-0.4, -0.2) is 27.3 Å². The molecule has 21 heavy (non-hydrogen) atoms. The van der Waals surface area contributed by atoms with Crippen molar-refractivity contribution < 1.29 is 9.18 Å². The second-order valence-electron chi connectivity index (χ2n) is 5.24. The Labute approximate surface area is 122 Å². The quantitative estimate of drug-likeness (QED) is 0.808. The third kappa shape index (κ3) is 2.63. The Morgan fingerprint density at radius 3 is 2.62 bits per heavy atom. The predicted molar refractivity (Wildman–Crippen MR) is 77.0 cm³/mol. The van der Waals surface area contributed by atoms with E-state index >= 15 is 0 Å². The summed E-state index contributed by atoms with van der Waals surface area (Å²) in [4.78, 5) is 22.4. The number of amides is 1. The molecule has 1 aromatic carbocycles. The Bertz CT molecular complexity index is 697. The maximum Gasteiger partial charge on any atom is 0.219 e. The molecule has 108 valence electrons. The van der Waals surface area contributed by atoms with E-state index in [1.54, 1.807) is 24.0 Å². The van der Waals surface area contributed by atoms with Crippen molar-refractivity contribution in [2.24, 2.45) is 0 Å². The number of benzene rings is 1. The largest absolute Gasteiger partial charge is 0.338 e. The number of halogens is 1. The first-order valence-electron chi connectivity index (χ1n) is 6.92. The molecule has 0 spiro atoms. The summed E-state index contributed by atoms with van der Waals surface area (Å²) in [6, 6.07) is 6.27. The van der Waals surface area contributed by atoms with Gasteiger partial charge in [0.25, 0.3) is 0 Å². The fraction of sp³-hybridized carbons (Fsp3) is 0.312. The summed E-state index contributed by atoms with van der Waals surface area (Å²) < 4.78 is 13.1. The first kappa shape index (κ1) is 13.7.